The summed E-state index contributed by atoms with van der Waals surface area (Å²) >= 11 is 4.49. The van der Waals surface area contributed by atoms with Crippen LogP contribution in [0.1, 0.15) is 21.8 Å². The number of nitrogens with zero attached hydrogens (tertiary/aromatic N) is 2. The fourth-order valence-corrected chi connectivity index (χ4v) is 4.27. The first-order valence-electron chi connectivity index (χ1n) is 10.1. The molecule has 0 radical (unpaired) electrons. The van der Waals surface area contributed by atoms with E-state index < -0.39 is 17.6 Å². The zero-order valence-electron chi connectivity index (χ0n) is 17.8. The smallest absolute Gasteiger partial charge is 0.416 e. The fourth-order valence-electron chi connectivity index (χ4n) is 3.16. The summed E-state index contributed by atoms with van der Waals surface area (Å²) in [4.78, 5) is 17.3. The van der Waals surface area contributed by atoms with Crippen LogP contribution in [0.2, 0.25) is 0 Å². The van der Waals surface area contributed by atoms with E-state index in [1.807, 2.05) is 30.3 Å². The van der Waals surface area contributed by atoms with Crippen LogP contribution in [0.25, 0.3) is 17.4 Å². The average Bonchev–Trinajstić information content (AvgIpc) is 3.47. The second-order valence-corrected chi connectivity index (χ2v) is 9.37. The van der Waals surface area contributed by atoms with Crippen molar-refractivity contribution in [3.8, 4) is 17.4 Å². The molecular weight excluding hydrogens is 543 g/mol. The molecule has 2 aromatic heterocycles. The van der Waals surface area contributed by atoms with Crippen molar-refractivity contribution in [1.29, 1.82) is 5.26 Å². The molecule has 0 saturated heterocycles. The number of nitrogens with one attached hydrogen (secondary N) is 1. The molecule has 35 heavy (non-hydrogen) atoms. The van der Waals surface area contributed by atoms with Crippen molar-refractivity contribution in [2.45, 2.75) is 12.6 Å². The molecule has 1 N–H and O–H groups in total. The molecule has 0 fully saturated rings. The highest BCUT2D eigenvalue weighted by molar-refractivity contribution is 9.10. The average molecular weight is 558 g/mol. The Balaban J connectivity index is 1.44. The Morgan fingerprint density at radius 3 is 2.66 bits per heavy atom. The molecule has 2 heterocycles. The first kappa shape index (κ1) is 24.4. The summed E-state index contributed by atoms with van der Waals surface area (Å²) in [6.07, 6.45) is -1.39. The molecular formula is C25H15BrF3N3O2S. The van der Waals surface area contributed by atoms with Crippen LogP contribution >= 0.6 is 27.3 Å². The van der Waals surface area contributed by atoms with E-state index in [1.165, 1.54) is 18.3 Å². The number of thiazole rings is 1. The van der Waals surface area contributed by atoms with E-state index in [1.54, 1.807) is 18.2 Å². The van der Waals surface area contributed by atoms with Crippen LogP contribution in [0, 0.1) is 11.3 Å². The third kappa shape index (κ3) is 6.26. The molecule has 0 aliphatic carbocycles. The van der Waals surface area contributed by atoms with Crippen LogP contribution in [-0.4, -0.2) is 10.9 Å². The minimum Gasteiger partial charge on any atom is -0.457 e. The molecule has 4 aromatic rings. The number of nitriles is 1. The van der Waals surface area contributed by atoms with Gasteiger partial charge in [0.2, 0.25) is 0 Å². The third-order valence-corrected chi connectivity index (χ3v) is 6.26. The molecule has 0 spiro atoms. The minimum atomic E-state index is -4.42. The standard InChI is InChI=1S/C25H15BrF3N3O2S/c26-19-6-4-16(5-7-19)22-9-8-20(34-22)12-17(13-30)23(33)32-24-31-14-21(35-24)11-15-2-1-3-18(10-15)25(27,28)29/h1-10,12,14H,11H2,(H,31,32,33)/b17-12+. The minimum absolute atomic E-state index is 0.184. The zero-order valence-corrected chi connectivity index (χ0v) is 20.2. The Bertz CT molecular complexity index is 1430. The Kier molecular flexibility index (Phi) is 7.19. The second-order valence-electron chi connectivity index (χ2n) is 7.34. The lowest BCUT2D eigenvalue weighted by Crippen LogP contribution is -2.13. The molecule has 1 amide bonds. The number of carbonyl (C=O) groups excluding carboxylic acids is 1. The SMILES string of the molecule is N#C/C(=C\c1ccc(-c2ccc(Br)cc2)o1)C(=O)Nc1ncc(Cc2cccc(C(F)(F)F)c2)s1. The molecule has 0 aliphatic heterocycles. The number of hydrogen-bond acceptors (Lipinski definition) is 5. The number of amides is 1. The number of furan rings is 1. The lowest BCUT2D eigenvalue weighted by molar-refractivity contribution is -0.137. The van der Waals surface area contributed by atoms with Crippen molar-refractivity contribution >= 4 is 44.4 Å². The van der Waals surface area contributed by atoms with Crippen molar-refractivity contribution in [3.63, 3.8) is 0 Å². The number of benzene rings is 2. The monoisotopic (exact) mass is 557 g/mol. The summed E-state index contributed by atoms with van der Waals surface area (Å²) in [5, 5.41) is 12.2. The molecule has 4 rings (SSSR count). The number of rotatable bonds is 6. The van der Waals surface area contributed by atoms with Gasteiger partial charge in [-0.3, -0.25) is 10.1 Å². The van der Waals surface area contributed by atoms with E-state index in [0.29, 0.717) is 22.0 Å². The molecule has 176 valence electrons. The molecule has 0 atom stereocenters. The highest BCUT2D eigenvalue weighted by Crippen LogP contribution is 2.31. The van der Waals surface area contributed by atoms with Gasteiger partial charge in [-0.05, 0) is 35.9 Å². The lowest BCUT2D eigenvalue weighted by Gasteiger charge is -2.07. The van der Waals surface area contributed by atoms with Crippen LogP contribution in [-0.2, 0) is 17.4 Å². The summed E-state index contributed by atoms with van der Waals surface area (Å²) in [7, 11) is 0. The number of alkyl halides is 3. The van der Waals surface area contributed by atoms with Gasteiger partial charge in [-0.15, -0.1) is 11.3 Å². The van der Waals surface area contributed by atoms with Gasteiger partial charge in [-0.25, -0.2) is 4.98 Å². The number of halogens is 4. The van der Waals surface area contributed by atoms with E-state index >= 15 is 0 Å². The Hall–Kier alpha value is -3.68. The molecule has 0 unspecified atom stereocenters. The summed E-state index contributed by atoms with van der Waals surface area (Å²) in [6.45, 7) is 0. The van der Waals surface area contributed by atoms with E-state index in [0.717, 1.165) is 33.5 Å². The van der Waals surface area contributed by atoms with Crippen LogP contribution in [0.15, 0.2) is 81.3 Å². The summed E-state index contributed by atoms with van der Waals surface area (Å²) < 4.78 is 45.4. The number of anilines is 1. The van der Waals surface area contributed by atoms with Crippen molar-refractivity contribution in [2.24, 2.45) is 0 Å². The van der Waals surface area contributed by atoms with Gasteiger partial charge in [0.1, 0.15) is 23.2 Å². The predicted molar refractivity (Wildman–Crippen MR) is 130 cm³/mol. The van der Waals surface area contributed by atoms with Crippen LogP contribution < -0.4 is 5.32 Å². The number of carbonyl (C=O) groups is 1. The quantitative estimate of drug-likeness (QED) is 0.199. The third-order valence-electron chi connectivity index (χ3n) is 4.81. The van der Waals surface area contributed by atoms with Crippen molar-refractivity contribution < 1.29 is 22.4 Å². The molecule has 0 aliphatic rings. The van der Waals surface area contributed by atoms with Gasteiger partial charge in [-0.2, -0.15) is 18.4 Å². The van der Waals surface area contributed by atoms with Crippen LogP contribution in [0.3, 0.4) is 0 Å². The molecule has 0 bridgehead atoms. The second kappa shape index (κ2) is 10.3. The van der Waals surface area contributed by atoms with Gasteiger partial charge in [0, 0.05) is 33.6 Å². The van der Waals surface area contributed by atoms with E-state index in [9.17, 15) is 23.2 Å². The van der Waals surface area contributed by atoms with Crippen molar-refractivity contribution in [3.05, 3.63) is 98.7 Å². The maximum Gasteiger partial charge on any atom is 0.416 e. The van der Waals surface area contributed by atoms with Gasteiger partial charge in [0.05, 0.1) is 5.56 Å². The van der Waals surface area contributed by atoms with Crippen LogP contribution in [0.4, 0.5) is 18.3 Å². The highest BCUT2D eigenvalue weighted by Gasteiger charge is 2.30. The van der Waals surface area contributed by atoms with Crippen molar-refractivity contribution in [2.75, 3.05) is 5.32 Å². The van der Waals surface area contributed by atoms with E-state index in [4.69, 9.17) is 4.42 Å². The van der Waals surface area contributed by atoms with E-state index in [-0.39, 0.29) is 17.1 Å². The van der Waals surface area contributed by atoms with Crippen LogP contribution in [0.5, 0.6) is 0 Å². The molecule has 5 nitrogen and oxygen atoms in total. The largest absolute Gasteiger partial charge is 0.457 e. The van der Waals surface area contributed by atoms with Gasteiger partial charge < -0.3 is 4.42 Å². The van der Waals surface area contributed by atoms with Gasteiger partial charge >= 0.3 is 6.18 Å². The van der Waals surface area contributed by atoms with Crippen molar-refractivity contribution in [1.82, 2.24) is 4.98 Å². The fraction of sp³-hybridized carbons (Fsp3) is 0.0800. The van der Waals surface area contributed by atoms with Gasteiger partial charge in [0.25, 0.3) is 5.91 Å². The molecule has 0 saturated carbocycles. The predicted octanol–water partition coefficient (Wildman–Crippen LogP) is 7.32. The normalized spacial score (nSPS) is 11.8. The van der Waals surface area contributed by atoms with Gasteiger partial charge in [-0.1, -0.05) is 46.3 Å². The topological polar surface area (TPSA) is 78.9 Å². The lowest BCUT2D eigenvalue weighted by atomic mass is 10.1. The molecule has 10 heteroatoms. The summed E-state index contributed by atoms with van der Waals surface area (Å²) in [6, 6.07) is 17.8. The number of hydrogen-bond donors (Lipinski definition) is 1. The Morgan fingerprint density at radius 1 is 1.17 bits per heavy atom. The summed E-state index contributed by atoms with van der Waals surface area (Å²) in [5.74, 6) is 0.244. The van der Waals surface area contributed by atoms with E-state index in [2.05, 4.69) is 26.2 Å². The Morgan fingerprint density at radius 2 is 1.94 bits per heavy atom. The maximum absolute atomic E-state index is 12.9. The Labute approximate surface area is 210 Å². The highest BCUT2D eigenvalue weighted by atomic mass is 79.9. The maximum atomic E-state index is 12.9. The zero-order chi connectivity index (χ0) is 25.0. The summed E-state index contributed by atoms with van der Waals surface area (Å²) in [5.41, 5.74) is 0.402. The molecule has 2 aromatic carbocycles. The number of aromatic nitrogens is 1. The first-order valence-corrected chi connectivity index (χ1v) is 11.7. The first-order chi connectivity index (χ1) is 16.7. The van der Waals surface area contributed by atoms with Gasteiger partial charge in [0.15, 0.2) is 5.13 Å².